The highest BCUT2D eigenvalue weighted by Gasteiger charge is 2.35. The second kappa shape index (κ2) is 7.13. The molecule has 6 heteroatoms. The average Bonchev–Trinajstić information content (AvgIpc) is 3.15. The Morgan fingerprint density at radius 1 is 1.25 bits per heavy atom. The number of nitrogens with one attached hydrogen (secondary N) is 2. The number of carbonyl (C=O) groups is 3. The normalized spacial score (nSPS) is 22.8. The molecule has 1 fully saturated rings. The number of amides is 3. The van der Waals surface area contributed by atoms with E-state index in [2.05, 4.69) is 12.2 Å². The summed E-state index contributed by atoms with van der Waals surface area (Å²) in [7, 11) is 0. The van der Waals surface area contributed by atoms with Gasteiger partial charge in [0.2, 0.25) is 5.91 Å². The summed E-state index contributed by atoms with van der Waals surface area (Å²) in [5.41, 5.74) is 0.854. The fourth-order valence-corrected chi connectivity index (χ4v) is 3.68. The van der Waals surface area contributed by atoms with Gasteiger partial charge in [0.05, 0.1) is 30.8 Å². The number of hydrogen-bond donors (Lipinski definition) is 2. The molecule has 3 rings (SSSR count). The Balaban J connectivity index is 1.49. The highest BCUT2D eigenvalue weighted by Crippen LogP contribution is 2.22. The van der Waals surface area contributed by atoms with Gasteiger partial charge in [0.1, 0.15) is 6.04 Å². The van der Waals surface area contributed by atoms with Gasteiger partial charge in [-0.05, 0) is 19.1 Å². The lowest BCUT2D eigenvalue weighted by Gasteiger charge is -2.20. The molecule has 1 saturated heterocycles. The predicted molar refractivity (Wildman–Crippen MR) is 88.8 cm³/mol. The largest absolute Gasteiger partial charge is 0.350 e. The fraction of sp³-hybridized carbons (Fsp3) is 0.500. The summed E-state index contributed by atoms with van der Waals surface area (Å²) < 4.78 is 0. The van der Waals surface area contributed by atoms with Crippen LogP contribution in [-0.4, -0.2) is 54.8 Å². The van der Waals surface area contributed by atoms with Crippen molar-refractivity contribution in [3.8, 4) is 0 Å². The summed E-state index contributed by atoms with van der Waals surface area (Å²) in [6.45, 7) is 5.22. The molecule has 2 aliphatic heterocycles. The second-order valence-corrected chi connectivity index (χ2v) is 6.46. The third-order valence-corrected chi connectivity index (χ3v) is 5.07. The van der Waals surface area contributed by atoms with Crippen LogP contribution in [0.15, 0.2) is 24.3 Å². The molecule has 1 aromatic rings. The highest BCUT2D eigenvalue weighted by atomic mass is 16.2. The monoisotopic (exact) mass is 330 g/mol. The van der Waals surface area contributed by atoms with Gasteiger partial charge in [0.25, 0.3) is 11.8 Å². The lowest BCUT2D eigenvalue weighted by molar-refractivity contribution is -0.909. The van der Waals surface area contributed by atoms with Crippen LogP contribution in [0.25, 0.3) is 0 Å². The lowest BCUT2D eigenvalue weighted by Crippen LogP contribution is -3.14. The van der Waals surface area contributed by atoms with Crippen LogP contribution in [0.4, 0.5) is 0 Å². The van der Waals surface area contributed by atoms with Gasteiger partial charge in [-0.2, -0.15) is 0 Å². The maximum Gasteiger partial charge on any atom is 0.261 e. The fourth-order valence-electron chi connectivity index (χ4n) is 3.68. The summed E-state index contributed by atoms with van der Waals surface area (Å²) in [6.07, 6.45) is 2.50. The first-order chi connectivity index (χ1) is 11.6. The maximum atomic E-state index is 12.2. The minimum Gasteiger partial charge on any atom is -0.350 e. The van der Waals surface area contributed by atoms with Gasteiger partial charge in [0.15, 0.2) is 0 Å². The molecule has 0 aliphatic carbocycles. The van der Waals surface area contributed by atoms with E-state index < -0.39 is 0 Å². The molecule has 128 valence electrons. The molecular formula is C18H24N3O3+. The summed E-state index contributed by atoms with van der Waals surface area (Å²) in [5.74, 6) is -0.712. The Morgan fingerprint density at radius 2 is 1.92 bits per heavy atom. The molecule has 6 nitrogen and oxygen atoms in total. The molecule has 2 aliphatic rings. The van der Waals surface area contributed by atoms with E-state index in [1.807, 2.05) is 0 Å². The lowest BCUT2D eigenvalue weighted by atomic mass is 10.1. The van der Waals surface area contributed by atoms with Gasteiger partial charge in [-0.15, -0.1) is 0 Å². The number of imide groups is 1. The first-order valence-electron chi connectivity index (χ1n) is 8.68. The van der Waals surface area contributed by atoms with Crippen molar-refractivity contribution in [2.45, 2.75) is 32.2 Å². The molecule has 0 radical (unpaired) electrons. The smallest absolute Gasteiger partial charge is 0.261 e. The van der Waals surface area contributed by atoms with Crippen LogP contribution in [0.5, 0.6) is 0 Å². The second-order valence-electron chi connectivity index (χ2n) is 6.46. The van der Waals surface area contributed by atoms with Gasteiger partial charge >= 0.3 is 0 Å². The van der Waals surface area contributed by atoms with Gasteiger partial charge in [-0.3, -0.25) is 19.3 Å². The molecule has 0 spiro atoms. The van der Waals surface area contributed by atoms with Crippen LogP contribution in [0.2, 0.25) is 0 Å². The van der Waals surface area contributed by atoms with Crippen LogP contribution in [0, 0.1) is 0 Å². The Bertz CT molecular complexity index is 624. The zero-order chi connectivity index (χ0) is 17.1. The van der Waals surface area contributed by atoms with Crippen LogP contribution in [0.1, 0.15) is 46.9 Å². The van der Waals surface area contributed by atoms with Crippen molar-refractivity contribution in [1.29, 1.82) is 0 Å². The average molecular weight is 330 g/mol. The van der Waals surface area contributed by atoms with Crippen molar-refractivity contribution >= 4 is 17.7 Å². The summed E-state index contributed by atoms with van der Waals surface area (Å²) in [6, 6.07) is 7.27. The van der Waals surface area contributed by atoms with Crippen LogP contribution >= 0.6 is 0 Å². The van der Waals surface area contributed by atoms with E-state index in [9.17, 15) is 14.4 Å². The first kappa shape index (κ1) is 16.6. The molecule has 2 N–H and O–H groups in total. The van der Waals surface area contributed by atoms with E-state index in [-0.39, 0.29) is 30.7 Å². The number of nitrogens with zero attached hydrogens (tertiary/aromatic N) is 1. The number of quaternary nitrogens is 1. The van der Waals surface area contributed by atoms with E-state index in [0.29, 0.717) is 23.7 Å². The molecule has 2 heterocycles. The molecular weight excluding hydrogens is 306 g/mol. The van der Waals surface area contributed by atoms with Crippen molar-refractivity contribution in [3.05, 3.63) is 35.4 Å². The van der Waals surface area contributed by atoms with E-state index in [4.69, 9.17) is 0 Å². The number of benzene rings is 1. The number of carbonyl (C=O) groups excluding carboxylic acids is 3. The molecule has 0 bridgehead atoms. The van der Waals surface area contributed by atoms with Gasteiger partial charge in [-0.25, -0.2) is 0 Å². The first-order valence-corrected chi connectivity index (χ1v) is 8.68. The van der Waals surface area contributed by atoms with Crippen molar-refractivity contribution in [3.63, 3.8) is 0 Å². The molecule has 0 aromatic heterocycles. The van der Waals surface area contributed by atoms with E-state index in [1.54, 1.807) is 24.3 Å². The van der Waals surface area contributed by atoms with Gasteiger partial charge in [0, 0.05) is 25.8 Å². The standard InChI is InChI=1S/C18H23N3O3/c1-2-20-10-5-6-13(20)12-19-16(22)9-11-21-17(23)14-7-3-4-8-15(14)18(21)24/h3-4,7-8,13H,2,5-6,9-12H2,1H3,(H,19,22)/p+1/t13-/m0/s1. The van der Waals surface area contributed by atoms with Gasteiger partial charge in [-0.1, -0.05) is 12.1 Å². The Hall–Kier alpha value is -2.21. The van der Waals surface area contributed by atoms with E-state index in [0.717, 1.165) is 13.0 Å². The molecule has 2 atom stereocenters. The minimum atomic E-state index is -0.305. The Labute approximate surface area is 141 Å². The topological polar surface area (TPSA) is 70.9 Å². The van der Waals surface area contributed by atoms with Crippen molar-refractivity contribution in [1.82, 2.24) is 10.2 Å². The molecule has 1 unspecified atom stereocenters. The third kappa shape index (κ3) is 3.19. The van der Waals surface area contributed by atoms with E-state index >= 15 is 0 Å². The SMILES string of the molecule is CC[NH+]1CCC[C@H]1CNC(=O)CCN1C(=O)c2ccccc2C1=O. The third-order valence-electron chi connectivity index (χ3n) is 5.07. The van der Waals surface area contributed by atoms with Crippen molar-refractivity contribution in [2.24, 2.45) is 0 Å². The zero-order valence-electron chi connectivity index (χ0n) is 14.0. The van der Waals surface area contributed by atoms with Crippen LogP contribution < -0.4 is 10.2 Å². The summed E-state index contributed by atoms with van der Waals surface area (Å²) in [5, 5.41) is 2.95. The van der Waals surface area contributed by atoms with Crippen LogP contribution in [-0.2, 0) is 4.79 Å². The molecule has 24 heavy (non-hydrogen) atoms. The molecule has 0 saturated carbocycles. The van der Waals surface area contributed by atoms with Crippen molar-refractivity contribution < 1.29 is 19.3 Å². The number of hydrogen-bond acceptors (Lipinski definition) is 3. The molecule has 1 aromatic carbocycles. The number of fused-ring (bicyclic) bond motifs is 1. The Morgan fingerprint density at radius 3 is 2.54 bits per heavy atom. The van der Waals surface area contributed by atoms with Crippen LogP contribution in [0.3, 0.4) is 0 Å². The van der Waals surface area contributed by atoms with Gasteiger partial charge < -0.3 is 10.2 Å². The van der Waals surface area contributed by atoms with Crippen molar-refractivity contribution in [2.75, 3.05) is 26.2 Å². The summed E-state index contributed by atoms with van der Waals surface area (Å²) >= 11 is 0. The predicted octanol–water partition coefficient (Wildman–Crippen LogP) is -0.144. The molecule has 3 amide bonds. The number of likely N-dealkylation sites (tertiary alicyclic amines) is 1. The Kier molecular flexibility index (Phi) is 4.94. The van der Waals surface area contributed by atoms with E-state index in [1.165, 1.54) is 22.8 Å². The number of likely N-dealkylation sites (N-methyl/N-ethyl adjacent to an activating group) is 1. The maximum absolute atomic E-state index is 12.2. The minimum absolute atomic E-state index is 0.103. The number of rotatable bonds is 6. The zero-order valence-corrected chi connectivity index (χ0v) is 14.0. The quantitative estimate of drug-likeness (QED) is 0.713. The summed E-state index contributed by atoms with van der Waals surface area (Å²) in [4.78, 5) is 39.3. The highest BCUT2D eigenvalue weighted by molar-refractivity contribution is 6.21.